The van der Waals surface area contributed by atoms with Crippen LogP contribution in [0.2, 0.25) is 5.02 Å². The zero-order valence-corrected chi connectivity index (χ0v) is 17.1. The van der Waals surface area contributed by atoms with E-state index in [9.17, 15) is 4.79 Å². The molecule has 1 saturated carbocycles. The monoisotopic (exact) mass is 399 g/mol. The third-order valence-corrected chi connectivity index (χ3v) is 5.70. The Balaban J connectivity index is 1.71. The van der Waals surface area contributed by atoms with E-state index in [-0.39, 0.29) is 11.6 Å². The molecule has 4 rings (SSSR count). The van der Waals surface area contributed by atoms with E-state index in [0.29, 0.717) is 16.8 Å². The molecule has 0 atom stereocenters. The van der Waals surface area contributed by atoms with Crippen LogP contribution in [0.5, 0.6) is 0 Å². The third-order valence-electron chi connectivity index (χ3n) is 5.48. The Labute approximate surface area is 169 Å². The van der Waals surface area contributed by atoms with Crippen LogP contribution in [0.1, 0.15) is 57.6 Å². The first-order chi connectivity index (χ1) is 13.5. The summed E-state index contributed by atoms with van der Waals surface area (Å²) in [6, 6.07) is 3.64. The quantitative estimate of drug-likeness (QED) is 0.656. The molecule has 3 heterocycles. The first-order valence-electron chi connectivity index (χ1n) is 10.0. The number of fused-ring (bicyclic) bond motifs is 1. The molecule has 148 valence electrons. The van der Waals surface area contributed by atoms with E-state index in [2.05, 4.69) is 15.3 Å². The highest BCUT2D eigenvalue weighted by Gasteiger charge is 2.22. The molecule has 0 bridgehead atoms. The van der Waals surface area contributed by atoms with Crippen LogP contribution >= 0.6 is 11.6 Å². The van der Waals surface area contributed by atoms with Crippen molar-refractivity contribution < 1.29 is 0 Å². The standard InChI is InChI=1S/C21H26ClN5O/c1-14(2)27-21(28)18(10-15-6-4-3-5-7-15)20-24-12-17(13-26(20)27)25-19-9-8-16(22)11-23-19/h8-9,11-15H,3-7,10H2,1-2H3,(H,23,25). The van der Waals surface area contributed by atoms with Crippen LogP contribution in [0, 0.1) is 5.92 Å². The molecule has 0 saturated heterocycles. The molecule has 1 aliphatic rings. The topological polar surface area (TPSA) is 64.2 Å². The highest BCUT2D eigenvalue weighted by molar-refractivity contribution is 6.30. The zero-order valence-electron chi connectivity index (χ0n) is 16.4. The maximum atomic E-state index is 13.2. The maximum Gasteiger partial charge on any atom is 0.272 e. The summed E-state index contributed by atoms with van der Waals surface area (Å²) >= 11 is 5.90. The molecule has 1 fully saturated rings. The van der Waals surface area contributed by atoms with Gasteiger partial charge < -0.3 is 5.32 Å². The van der Waals surface area contributed by atoms with Gasteiger partial charge in [-0.1, -0.05) is 43.7 Å². The molecular formula is C21H26ClN5O. The molecule has 3 aromatic heterocycles. The van der Waals surface area contributed by atoms with Gasteiger partial charge in [0.15, 0.2) is 5.65 Å². The minimum Gasteiger partial charge on any atom is -0.338 e. The van der Waals surface area contributed by atoms with Crippen molar-refractivity contribution in [1.29, 1.82) is 0 Å². The van der Waals surface area contributed by atoms with Gasteiger partial charge in [0.2, 0.25) is 0 Å². The molecule has 0 aromatic carbocycles. The van der Waals surface area contributed by atoms with Gasteiger partial charge in [-0.15, -0.1) is 0 Å². The normalized spacial score (nSPS) is 15.4. The molecule has 0 unspecified atom stereocenters. The molecule has 0 aliphatic heterocycles. The number of nitrogens with zero attached hydrogens (tertiary/aromatic N) is 4. The van der Waals surface area contributed by atoms with Crippen LogP contribution in [0.15, 0.2) is 35.5 Å². The van der Waals surface area contributed by atoms with Crippen molar-refractivity contribution in [2.75, 3.05) is 5.32 Å². The molecular weight excluding hydrogens is 374 g/mol. The molecule has 28 heavy (non-hydrogen) atoms. The predicted octanol–water partition coefficient (Wildman–Crippen LogP) is 4.99. The van der Waals surface area contributed by atoms with Crippen LogP contribution in [0.3, 0.4) is 0 Å². The third kappa shape index (κ3) is 3.78. The van der Waals surface area contributed by atoms with E-state index in [1.807, 2.05) is 30.6 Å². The minimum atomic E-state index is 0.0470. The van der Waals surface area contributed by atoms with Gasteiger partial charge in [-0.2, -0.15) is 0 Å². The zero-order chi connectivity index (χ0) is 19.7. The second kappa shape index (κ2) is 7.95. The fraction of sp³-hybridized carbons (Fsp3) is 0.476. The van der Waals surface area contributed by atoms with E-state index in [4.69, 9.17) is 11.6 Å². The van der Waals surface area contributed by atoms with Gasteiger partial charge in [0.25, 0.3) is 5.56 Å². The summed E-state index contributed by atoms with van der Waals surface area (Å²) in [7, 11) is 0. The second-order valence-corrected chi connectivity index (χ2v) is 8.36. The average molecular weight is 400 g/mol. The fourth-order valence-electron chi connectivity index (χ4n) is 4.13. The smallest absolute Gasteiger partial charge is 0.272 e. The lowest BCUT2D eigenvalue weighted by Crippen LogP contribution is -2.24. The minimum absolute atomic E-state index is 0.0470. The predicted molar refractivity (Wildman–Crippen MR) is 113 cm³/mol. The SMILES string of the molecule is CC(C)n1c(=O)c(CC2CCCCC2)c2ncc(Nc3ccc(Cl)cn3)cn21. The highest BCUT2D eigenvalue weighted by atomic mass is 35.5. The van der Waals surface area contributed by atoms with Crippen LogP contribution < -0.4 is 10.9 Å². The van der Waals surface area contributed by atoms with Crippen molar-refractivity contribution in [1.82, 2.24) is 19.2 Å². The Morgan fingerprint density at radius 3 is 2.64 bits per heavy atom. The van der Waals surface area contributed by atoms with Crippen molar-refractivity contribution in [3.05, 3.63) is 51.7 Å². The van der Waals surface area contributed by atoms with Gasteiger partial charge >= 0.3 is 0 Å². The van der Waals surface area contributed by atoms with E-state index in [1.54, 1.807) is 23.1 Å². The molecule has 1 aliphatic carbocycles. The van der Waals surface area contributed by atoms with Crippen molar-refractivity contribution in [3.8, 4) is 0 Å². The first kappa shape index (κ1) is 19.0. The number of anilines is 2. The van der Waals surface area contributed by atoms with Gasteiger partial charge in [0, 0.05) is 12.2 Å². The molecule has 3 aromatic rings. The number of hydrogen-bond donors (Lipinski definition) is 1. The Morgan fingerprint density at radius 1 is 1.18 bits per heavy atom. The van der Waals surface area contributed by atoms with Crippen molar-refractivity contribution >= 4 is 28.8 Å². The summed E-state index contributed by atoms with van der Waals surface area (Å²) in [5.41, 5.74) is 2.46. The lowest BCUT2D eigenvalue weighted by molar-refractivity contribution is 0.356. The van der Waals surface area contributed by atoms with Crippen molar-refractivity contribution in [2.24, 2.45) is 5.92 Å². The van der Waals surface area contributed by atoms with Gasteiger partial charge in [-0.05, 0) is 38.3 Å². The average Bonchev–Trinajstić information content (AvgIpc) is 2.96. The maximum absolute atomic E-state index is 13.2. The summed E-state index contributed by atoms with van der Waals surface area (Å²) < 4.78 is 3.68. The number of pyridine rings is 1. The van der Waals surface area contributed by atoms with Gasteiger partial charge in [0.1, 0.15) is 5.82 Å². The van der Waals surface area contributed by atoms with Gasteiger partial charge in [-0.25, -0.2) is 19.2 Å². The number of halogens is 1. The van der Waals surface area contributed by atoms with Crippen molar-refractivity contribution in [3.63, 3.8) is 0 Å². The summed E-state index contributed by atoms with van der Waals surface area (Å²) in [5.74, 6) is 1.27. The lowest BCUT2D eigenvalue weighted by atomic mass is 9.85. The molecule has 0 radical (unpaired) electrons. The first-order valence-corrected chi connectivity index (χ1v) is 10.4. The Morgan fingerprint density at radius 2 is 1.96 bits per heavy atom. The molecule has 0 spiro atoms. The Hall–Kier alpha value is -2.34. The number of nitrogens with one attached hydrogen (secondary N) is 1. The number of hydrogen-bond acceptors (Lipinski definition) is 4. The molecule has 0 amide bonds. The van der Waals surface area contributed by atoms with E-state index >= 15 is 0 Å². The van der Waals surface area contributed by atoms with Crippen LogP contribution in [-0.2, 0) is 6.42 Å². The summed E-state index contributed by atoms with van der Waals surface area (Å²) in [6.07, 6.45) is 12.4. The summed E-state index contributed by atoms with van der Waals surface area (Å²) in [5, 5.41) is 3.82. The van der Waals surface area contributed by atoms with Crippen LogP contribution in [0.25, 0.3) is 5.65 Å². The second-order valence-electron chi connectivity index (χ2n) is 7.93. The number of aromatic nitrogens is 4. The molecule has 6 nitrogen and oxygen atoms in total. The highest BCUT2D eigenvalue weighted by Crippen LogP contribution is 2.28. The Bertz CT molecular complexity index is 1020. The summed E-state index contributed by atoms with van der Waals surface area (Å²) in [6.45, 7) is 4.05. The largest absolute Gasteiger partial charge is 0.338 e. The molecule has 1 N–H and O–H groups in total. The van der Waals surface area contributed by atoms with Crippen LogP contribution in [0.4, 0.5) is 11.5 Å². The van der Waals surface area contributed by atoms with Crippen LogP contribution in [-0.4, -0.2) is 19.2 Å². The van der Waals surface area contributed by atoms with E-state index < -0.39 is 0 Å². The Kier molecular flexibility index (Phi) is 5.40. The number of rotatable bonds is 5. The molecule has 7 heteroatoms. The lowest BCUT2D eigenvalue weighted by Gasteiger charge is -2.20. The summed E-state index contributed by atoms with van der Waals surface area (Å²) in [4.78, 5) is 22.1. The van der Waals surface area contributed by atoms with E-state index in [0.717, 1.165) is 23.3 Å². The van der Waals surface area contributed by atoms with Crippen molar-refractivity contribution in [2.45, 2.75) is 58.4 Å². The van der Waals surface area contributed by atoms with Gasteiger partial charge in [-0.3, -0.25) is 4.79 Å². The fourth-order valence-corrected chi connectivity index (χ4v) is 4.24. The van der Waals surface area contributed by atoms with Gasteiger partial charge in [0.05, 0.1) is 28.7 Å². The van der Waals surface area contributed by atoms with E-state index in [1.165, 1.54) is 32.1 Å².